The molecule has 0 saturated carbocycles. The van der Waals surface area contributed by atoms with Gasteiger partial charge in [-0.2, -0.15) is 0 Å². The van der Waals surface area contributed by atoms with Gasteiger partial charge in [0.15, 0.2) is 0 Å². The van der Waals surface area contributed by atoms with Gasteiger partial charge in [-0.3, -0.25) is 9.52 Å². The highest BCUT2D eigenvalue weighted by atomic mass is 32.2. The van der Waals surface area contributed by atoms with Crippen LogP contribution in [0.5, 0.6) is 0 Å². The van der Waals surface area contributed by atoms with Crippen LogP contribution in [0.1, 0.15) is 10.5 Å². The predicted octanol–water partition coefficient (Wildman–Crippen LogP) is 5.06. The van der Waals surface area contributed by atoms with Gasteiger partial charge in [-0.1, -0.05) is 24.3 Å². The molecule has 0 spiro atoms. The molecule has 0 fully saturated rings. The lowest BCUT2D eigenvalue weighted by Gasteiger charge is -2.10. The van der Waals surface area contributed by atoms with E-state index in [-0.39, 0.29) is 22.0 Å². The first kappa shape index (κ1) is 20.2. The van der Waals surface area contributed by atoms with Gasteiger partial charge >= 0.3 is 0 Å². The molecule has 1 amide bonds. The molecule has 30 heavy (non-hydrogen) atoms. The second kappa shape index (κ2) is 8.34. The fourth-order valence-corrected chi connectivity index (χ4v) is 5.30. The summed E-state index contributed by atoms with van der Waals surface area (Å²) in [6.07, 6.45) is 0. The first-order chi connectivity index (χ1) is 14.4. The Balaban J connectivity index is 1.52. The molecule has 0 radical (unpaired) electrons. The molecule has 4 aromatic rings. The fourth-order valence-electron chi connectivity index (χ4n) is 2.58. The molecule has 0 saturated heterocycles. The number of sulfonamides is 1. The highest BCUT2D eigenvalue weighted by Gasteiger charge is 2.18. The summed E-state index contributed by atoms with van der Waals surface area (Å²) in [5.41, 5.74) is 0.360. The molecular weight excluding hydrogens is 445 g/mol. The van der Waals surface area contributed by atoms with Crippen molar-refractivity contribution in [1.29, 1.82) is 0 Å². The van der Waals surface area contributed by atoms with Gasteiger partial charge in [0, 0.05) is 11.1 Å². The van der Waals surface area contributed by atoms with E-state index < -0.39 is 21.7 Å². The largest absolute Gasteiger partial charge is 0.321 e. The molecule has 0 unspecified atom stereocenters. The van der Waals surface area contributed by atoms with Crippen LogP contribution in [0.4, 0.5) is 15.8 Å². The normalized spacial score (nSPS) is 11.2. The van der Waals surface area contributed by atoms with Crippen LogP contribution < -0.4 is 10.0 Å². The Morgan fingerprint density at radius 3 is 2.60 bits per heavy atom. The van der Waals surface area contributed by atoms with E-state index in [2.05, 4.69) is 15.0 Å². The number of halogens is 1. The molecule has 2 N–H and O–H groups in total. The second-order valence-corrected chi connectivity index (χ2v) is 9.57. The van der Waals surface area contributed by atoms with E-state index in [0.717, 1.165) is 16.0 Å². The zero-order valence-electron chi connectivity index (χ0n) is 15.2. The molecule has 0 aliphatic carbocycles. The van der Waals surface area contributed by atoms with Gasteiger partial charge in [-0.15, -0.1) is 22.7 Å². The fraction of sp³-hybridized carbons (Fsp3) is 0. The SMILES string of the molecule is O=C(Nc1cccc(S(=O)(=O)Nc2ccccc2F)c1)c1csc(-c2cccs2)n1. The number of rotatable bonds is 6. The third-order valence-electron chi connectivity index (χ3n) is 3.99. The van der Waals surface area contributed by atoms with Crippen molar-refractivity contribution in [2.24, 2.45) is 0 Å². The Labute approximate surface area is 180 Å². The molecule has 4 rings (SSSR count). The summed E-state index contributed by atoms with van der Waals surface area (Å²) in [6, 6.07) is 15.0. The zero-order chi connectivity index (χ0) is 21.1. The van der Waals surface area contributed by atoms with Crippen molar-refractivity contribution in [3.8, 4) is 9.88 Å². The van der Waals surface area contributed by atoms with Crippen molar-refractivity contribution in [2.45, 2.75) is 4.90 Å². The number of thiophene rings is 1. The lowest BCUT2D eigenvalue weighted by atomic mass is 10.3. The minimum absolute atomic E-state index is 0.110. The lowest BCUT2D eigenvalue weighted by Crippen LogP contribution is -2.15. The van der Waals surface area contributed by atoms with Crippen molar-refractivity contribution in [1.82, 2.24) is 4.98 Å². The Bertz CT molecular complexity index is 1300. The molecule has 0 aliphatic heterocycles. The van der Waals surface area contributed by atoms with E-state index in [1.54, 1.807) is 11.4 Å². The van der Waals surface area contributed by atoms with Crippen molar-refractivity contribution in [2.75, 3.05) is 10.0 Å². The van der Waals surface area contributed by atoms with E-state index in [1.807, 2.05) is 17.5 Å². The van der Waals surface area contributed by atoms with Crippen molar-refractivity contribution in [3.63, 3.8) is 0 Å². The Hall–Kier alpha value is -3.08. The molecule has 0 aliphatic rings. The number of thiazole rings is 1. The topological polar surface area (TPSA) is 88.2 Å². The van der Waals surface area contributed by atoms with E-state index in [9.17, 15) is 17.6 Å². The van der Waals surface area contributed by atoms with E-state index in [0.29, 0.717) is 0 Å². The van der Waals surface area contributed by atoms with E-state index >= 15 is 0 Å². The molecule has 2 aromatic heterocycles. The average Bonchev–Trinajstić information content (AvgIpc) is 3.42. The van der Waals surface area contributed by atoms with Gasteiger partial charge in [-0.25, -0.2) is 17.8 Å². The summed E-state index contributed by atoms with van der Waals surface area (Å²) in [7, 11) is -4.04. The Morgan fingerprint density at radius 1 is 1.00 bits per heavy atom. The average molecular weight is 460 g/mol. The van der Waals surface area contributed by atoms with Gasteiger partial charge in [0.2, 0.25) is 0 Å². The van der Waals surface area contributed by atoms with E-state index in [4.69, 9.17) is 0 Å². The van der Waals surface area contributed by atoms with Gasteiger partial charge < -0.3 is 5.32 Å². The predicted molar refractivity (Wildman–Crippen MR) is 117 cm³/mol. The third-order valence-corrected chi connectivity index (χ3v) is 7.23. The van der Waals surface area contributed by atoms with Crippen LogP contribution in [0.15, 0.2) is 76.3 Å². The van der Waals surface area contributed by atoms with Crippen LogP contribution in [0, 0.1) is 5.82 Å². The highest BCUT2D eigenvalue weighted by molar-refractivity contribution is 7.92. The first-order valence-electron chi connectivity index (χ1n) is 8.60. The summed E-state index contributed by atoms with van der Waals surface area (Å²) in [5, 5.41) is 6.96. The first-order valence-corrected chi connectivity index (χ1v) is 11.8. The minimum atomic E-state index is -4.04. The number of nitrogens with one attached hydrogen (secondary N) is 2. The summed E-state index contributed by atoms with van der Waals surface area (Å²) in [4.78, 5) is 17.7. The lowest BCUT2D eigenvalue weighted by molar-refractivity contribution is 0.102. The number of hydrogen-bond donors (Lipinski definition) is 2. The standard InChI is InChI=1S/C20H14FN3O3S3/c21-15-7-1-2-8-16(15)24-30(26,27)14-6-3-5-13(11-14)22-19(25)17-12-29-20(23-17)18-9-4-10-28-18/h1-12,24H,(H,22,25). The number of benzene rings is 2. The van der Waals surface area contributed by atoms with Crippen molar-refractivity contribution >= 4 is 50.0 Å². The van der Waals surface area contributed by atoms with Crippen molar-refractivity contribution < 1.29 is 17.6 Å². The number of hydrogen-bond acceptors (Lipinski definition) is 6. The number of carbonyl (C=O) groups is 1. The molecule has 152 valence electrons. The van der Waals surface area contributed by atoms with E-state index in [1.165, 1.54) is 59.1 Å². The number of carbonyl (C=O) groups excluding carboxylic acids is 1. The minimum Gasteiger partial charge on any atom is -0.321 e. The number of nitrogens with zero attached hydrogens (tertiary/aromatic N) is 1. The molecule has 10 heteroatoms. The maximum absolute atomic E-state index is 13.8. The van der Waals surface area contributed by atoms with Crippen LogP contribution in [0.3, 0.4) is 0 Å². The smallest absolute Gasteiger partial charge is 0.275 e. The van der Waals surface area contributed by atoms with Crippen LogP contribution in [-0.2, 0) is 10.0 Å². The molecule has 0 atom stereocenters. The van der Waals surface area contributed by atoms with Gasteiger partial charge in [0.1, 0.15) is 16.5 Å². The molecule has 0 bridgehead atoms. The van der Waals surface area contributed by atoms with Crippen LogP contribution in [-0.4, -0.2) is 19.3 Å². The van der Waals surface area contributed by atoms with Crippen molar-refractivity contribution in [3.05, 3.63) is 82.9 Å². The molecule has 2 aromatic carbocycles. The number of aromatic nitrogens is 1. The zero-order valence-corrected chi connectivity index (χ0v) is 17.7. The van der Waals surface area contributed by atoms with Gasteiger partial charge in [-0.05, 0) is 41.8 Å². The molecule has 6 nitrogen and oxygen atoms in total. The summed E-state index contributed by atoms with van der Waals surface area (Å²) < 4.78 is 41.2. The number of anilines is 2. The second-order valence-electron chi connectivity index (χ2n) is 6.08. The monoisotopic (exact) mass is 459 g/mol. The summed E-state index contributed by atoms with van der Waals surface area (Å²) in [5.74, 6) is -1.14. The highest BCUT2D eigenvalue weighted by Crippen LogP contribution is 2.28. The van der Waals surface area contributed by atoms with Gasteiger partial charge in [0.25, 0.3) is 15.9 Å². The van der Waals surface area contributed by atoms with Crippen LogP contribution in [0.25, 0.3) is 9.88 Å². The number of para-hydroxylation sites is 1. The number of amides is 1. The summed E-state index contributed by atoms with van der Waals surface area (Å²) in [6.45, 7) is 0. The third kappa shape index (κ3) is 4.40. The molecular formula is C20H14FN3O3S3. The summed E-state index contributed by atoms with van der Waals surface area (Å²) >= 11 is 2.88. The Morgan fingerprint density at radius 2 is 1.83 bits per heavy atom. The maximum atomic E-state index is 13.8. The van der Waals surface area contributed by atoms with Crippen LogP contribution in [0.2, 0.25) is 0 Å². The quantitative estimate of drug-likeness (QED) is 0.422. The van der Waals surface area contributed by atoms with Gasteiger partial charge in [0.05, 0.1) is 15.5 Å². The molecule has 2 heterocycles. The Kier molecular flexibility index (Phi) is 5.62. The van der Waals surface area contributed by atoms with Crippen LogP contribution >= 0.6 is 22.7 Å². The maximum Gasteiger partial charge on any atom is 0.275 e.